The molecule has 0 saturated carbocycles. The van der Waals surface area contributed by atoms with Crippen LogP contribution in [0.4, 0.5) is 0 Å². The van der Waals surface area contributed by atoms with Crippen LogP contribution in [0.5, 0.6) is 0 Å². The van der Waals surface area contributed by atoms with Gasteiger partial charge in [-0.15, -0.1) is 0 Å². The van der Waals surface area contributed by atoms with Gasteiger partial charge in [-0.1, -0.05) is 33.5 Å². The fourth-order valence-corrected chi connectivity index (χ4v) is 12.2. The third-order valence-electron chi connectivity index (χ3n) is 2.93. The van der Waals surface area contributed by atoms with Crippen molar-refractivity contribution in [2.45, 2.75) is 39.5 Å². The summed E-state index contributed by atoms with van der Waals surface area (Å²) in [5.74, 6) is 0. The second kappa shape index (κ2) is 5.74. The standard InChI is InChI=1S/C10H30N4Si2/c1-10(2)14(15(7,8)9)16(11-3,12-4)13(5)6/h10-12H,1-9H3. The van der Waals surface area contributed by atoms with Crippen LogP contribution < -0.4 is 9.96 Å². The van der Waals surface area contributed by atoms with Gasteiger partial charge in [0, 0.05) is 0 Å². The number of rotatable bonds is 6. The molecule has 0 aromatic rings. The summed E-state index contributed by atoms with van der Waals surface area (Å²) in [6.07, 6.45) is 0. The summed E-state index contributed by atoms with van der Waals surface area (Å²) in [5.41, 5.74) is 0. The maximum Gasteiger partial charge on any atom is 0.364 e. The molecule has 0 saturated heterocycles. The SMILES string of the molecule is CN[Si](NC)(N(C)C)N(C(C)C)[Si](C)(C)C. The Morgan fingerprint density at radius 2 is 1.31 bits per heavy atom. The first-order valence-corrected chi connectivity index (χ1v) is 11.3. The van der Waals surface area contributed by atoms with Gasteiger partial charge in [-0.25, -0.2) is 0 Å². The molecule has 0 amide bonds. The zero-order chi connectivity index (χ0) is 13.1. The Morgan fingerprint density at radius 3 is 1.38 bits per heavy atom. The third-order valence-corrected chi connectivity index (χ3v) is 11.8. The fourth-order valence-electron chi connectivity index (χ4n) is 2.66. The molecule has 0 radical (unpaired) electrons. The summed E-state index contributed by atoms with van der Waals surface area (Å²) < 4.78 is 5.05. The minimum Gasteiger partial charge on any atom is -0.307 e. The van der Waals surface area contributed by atoms with E-state index in [9.17, 15) is 0 Å². The van der Waals surface area contributed by atoms with Crippen molar-refractivity contribution >= 4 is 17.0 Å². The van der Waals surface area contributed by atoms with E-state index in [1.54, 1.807) is 0 Å². The second-order valence-corrected chi connectivity index (χ2v) is 14.7. The molecule has 98 valence electrons. The van der Waals surface area contributed by atoms with E-state index >= 15 is 0 Å². The van der Waals surface area contributed by atoms with Crippen molar-refractivity contribution < 1.29 is 0 Å². The Kier molecular flexibility index (Phi) is 5.84. The molecule has 0 aliphatic rings. The van der Waals surface area contributed by atoms with Crippen LogP contribution in [0.3, 0.4) is 0 Å². The number of hydrogen-bond acceptors (Lipinski definition) is 4. The van der Waals surface area contributed by atoms with E-state index in [2.05, 4.69) is 80.4 Å². The highest BCUT2D eigenvalue weighted by Gasteiger charge is 2.48. The highest BCUT2D eigenvalue weighted by atomic mass is 28.4. The van der Waals surface area contributed by atoms with E-state index in [0.29, 0.717) is 6.04 Å². The molecule has 0 spiro atoms. The van der Waals surface area contributed by atoms with Crippen LogP contribution in [0, 0.1) is 0 Å². The molecule has 0 heterocycles. The lowest BCUT2D eigenvalue weighted by Crippen LogP contribution is -2.84. The van der Waals surface area contributed by atoms with Crippen LogP contribution in [0.25, 0.3) is 0 Å². The average Bonchev–Trinajstić information content (AvgIpc) is 2.10. The van der Waals surface area contributed by atoms with Crippen molar-refractivity contribution in [2.75, 3.05) is 28.2 Å². The lowest BCUT2D eigenvalue weighted by Gasteiger charge is -2.52. The van der Waals surface area contributed by atoms with Crippen molar-refractivity contribution in [3.63, 3.8) is 0 Å². The van der Waals surface area contributed by atoms with Crippen molar-refractivity contribution in [2.24, 2.45) is 0 Å². The largest absolute Gasteiger partial charge is 0.364 e. The van der Waals surface area contributed by atoms with E-state index in [1.807, 2.05) is 0 Å². The van der Waals surface area contributed by atoms with Crippen LogP contribution >= 0.6 is 0 Å². The van der Waals surface area contributed by atoms with E-state index in [1.165, 1.54) is 0 Å². The highest BCUT2D eigenvalue weighted by molar-refractivity contribution is 6.87. The van der Waals surface area contributed by atoms with Gasteiger partial charge in [-0.3, -0.25) is 4.57 Å². The summed E-state index contributed by atoms with van der Waals surface area (Å²) >= 11 is 0. The van der Waals surface area contributed by atoms with Gasteiger partial charge in [0.1, 0.15) is 8.24 Å². The molecule has 4 nitrogen and oxygen atoms in total. The second-order valence-electron chi connectivity index (χ2n) is 5.70. The Labute approximate surface area is 104 Å². The molecule has 0 unspecified atom stereocenters. The van der Waals surface area contributed by atoms with E-state index in [-0.39, 0.29) is 0 Å². The highest BCUT2D eigenvalue weighted by Crippen LogP contribution is 2.20. The van der Waals surface area contributed by atoms with Crippen molar-refractivity contribution in [3.8, 4) is 0 Å². The minimum absolute atomic E-state index is 0.556. The number of hydrogen-bond donors (Lipinski definition) is 2. The van der Waals surface area contributed by atoms with Gasteiger partial charge in [0.25, 0.3) is 0 Å². The molecule has 0 aromatic carbocycles. The minimum atomic E-state index is -1.92. The van der Waals surface area contributed by atoms with Crippen LogP contribution in [0.15, 0.2) is 0 Å². The summed E-state index contributed by atoms with van der Waals surface area (Å²) in [7, 11) is 5.18. The van der Waals surface area contributed by atoms with Gasteiger partial charge >= 0.3 is 8.72 Å². The van der Waals surface area contributed by atoms with Crippen LogP contribution in [-0.2, 0) is 0 Å². The molecule has 0 aliphatic heterocycles. The molecule has 0 atom stereocenters. The van der Waals surface area contributed by atoms with Gasteiger partial charge in [-0.05, 0) is 34.2 Å². The molecule has 0 aromatic heterocycles. The lowest BCUT2D eigenvalue weighted by molar-refractivity contribution is 0.404. The van der Waals surface area contributed by atoms with Gasteiger partial charge in [0.15, 0.2) is 0 Å². The quantitative estimate of drug-likeness (QED) is 0.699. The molecular formula is C10H30N4Si2. The first-order valence-electron chi connectivity index (χ1n) is 5.98. The van der Waals surface area contributed by atoms with Crippen LogP contribution in [0.1, 0.15) is 13.8 Å². The number of nitrogens with zero attached hydrogens (tertiary/aromatic N) is 2. The first kappa shape index (κ1) is 16.3. The molecular weight excluding hydrogens is 232 g/mol. The van der Waals surface area contributed by atoms with Crippen molar-refractivity contribution in [3.05, 3.63) is 0 Å². The average molecular weight is 263 g/mol. The zero-order valence-electron chi connectivity index (χ0n) is 12.5. The van der Waals surface area contributed by atoms with Gasteiger partial charge < -0.3 is 14.2 Å². The Balaban J connectivity index is 5.44. The monoisotopic (exact) mass is 262 g/mol. The predicted octanol–water partition coefficient (Wildman–Crippen LogP) is 0.968. The van der Waals surface area contributed by atoms with Crippen molar-refractivity contribution in [1.82, 2.24) is 18.8 Å². The molecule has 0 rings (SSSR count). The van der Waals surface area contributed by atoms with Gasteiger partial charge in [0.05, 0.1) is 0 Å². The Hall–Kier alpha value is 0.274. The summed E-state index contributed by atoms with van der Waals surface area (Å²) in [6, 6.07) is 0.556. The summed E-state index contributed by atoms with van der Waals surface area (Å²) in [5, 5.41) is 0. The fraction of sp³-hybridized carbons (Fsp3) is 1.00. The van der Waals surface area contributed by atoms with E-state index in [4.69, 9.17) is 0 Å². The van der Waals surface area contributed by atoms with Crippen LogP contribution in [-0.4, -0.2) is 60.0 Å². The molecule has 0 fully saturated rings. The van der Waals surface area contributed by atoms with Crippen LogP contribution in [0.2, 0.25) is 19.6 Å². The zero-order valence-corrected chi connectivity index (χ0v) is 14.5. The van der Waals surface area contributed by atoms with E-state index in [0.717, 1.165) is 0 Å². The third kappa shape index (κ3) is 3.15. The molecule has 16 heavy (non-hydrogen) atoms. The maximum absolute atomic E-state index is 3.57. The topological polar surface area (TPSA) is 30.5 Å². The van der Waals surface area contributed by atoms with Gasteiger partial charge in [-0.2, -0.15) is 0 Å². The Morgan fingerprint density at radius 1 is 0.938 bits per heavy atom. The molecule has 2 N–H and O–H groups in total. The van der Waals surface area contributed by atoms with E-state index < -0.39 is 17.0 Å². The normalized spacial score (nSPS) is 14.2. The molecule has 6 heteroatoms. The summed E-state index contributed by atoms with van der Waals surface area (Å²) in [6.45, 7) is 11.8. The lowest BCUT2D eigenvalue weighted by atomic mass is 10.4. The maximum atomic E-state index is 3.57. The first-order chi connectivity index (χ1) is 7.13. The predicted molar refractivity (Wildman–Crippen MR) is 77.9 cm³/mol. The Bertz CT molecular complexity index is 209. The molecule has 0 bridgehead atoms. The van der Waals surface area contributed by atoms with Gasteiger partial charge in [0.2, 0.25) is 0 Å². The summed E-state index contributed by atoms with van der Waals surface area (Å²) in [4.78, 5) is 7.13. The smallest absolute Gasteiger partial charge is 0.307 e. The number of nitrogens with one attached hydrogen (secondary N) is 2. The van der Waals surface area contributed by atoms with Crippen molar-refractivity contribution in [1.29, 1.82) is 0 Å². The molecule has 0 aliphatic carbocycles.